The summed E-state index contributed by atoms with van der Waals surface area (Å²) in [4.78, 5) is 2.48. The molecule has 0 spiro atoms. The van der Waals surface area contributed by atoms with Gasteiger partial charge in [-0.1, -0.05) is 30.8 Å². The van der Waals surface area contributed by atoms with Gasteiger partial charge in [-0.25, -0.2) is 0 Å². The molecule has 0 radical (unpaired) electrons. The molecule has 2 aromatic carbocycles. The second-order valence-electron chi connectivity index (χ2n) is 4.60. The van der Waals surface area contributed by atoms with Crippen molar-refractivity contribution in [2.24, 2.45) is 0 Å². The minimum atomic E-state index is 0.440. The number of nitrogens with one attached hydrogen (secondary N) is 1. The molecule has 0 saturated carbocycles. The van der Waals surface area contributed by atoms with Crippen molar-refractivity contribution in [3.8, 4) is 5.75 Å². The molecular weight excluding hydrogens is 266 g/mol. The summed E-state index contributed by atoms with van der Waals surface area (Å²) < 4.78 is 5.17. The van der Waals surface area contributed by atoms with Crippen LogP contribution in [0.25, 0.3) is 0 Å². The minimum absolute atomic E-state index is 0.440. The normalized spacial score (nSPS) is 12.2. The molecule has 0 aliphatic carbocycles. The zero-order valence-corrected chi connectivity index (χ0v) is 13.0. The van der Waals surface area contributed by atoms with Crippen molar-refractivity contribution in [2.75, 3.05) is 14.2 Å². The lowest BCUT2D eigenvalue weighted by molar-refractivity contribution is 0.414. The molecule has 20 heavy (non-hydrogen) atoms. The third-order valence-electron chi connectivity index (χ3n) is 3.33. The summed E-state index contributed by atoms with van der Waals surface area (Å²) >= 11 is 1.77. The lowest BCUT2D eigenvalue weighted by atomic mass is 10.1. The maximum absolute atomic E-state index is 5.17. The van der Waals surface area contributed by atoms with Crippen LogP contribution in [0.2, 0.25) is 0 Å². The topological polar surface area (TPSA) is 21.3 Å². The van der Waals surface area contributed by atoms with Crippen LogP contribution in [0.5, 0.6) is 5.75 Å². The minimum Gasteiger partial charge on any atom is -0.497 e. The Hall–Kier alpha value is -1.45. The molecule has 0 aromatic heterocycles. The van der Waals surface area contributed by atoms with Crippen molar-refractivity contribution in [2.45, 2.75) is 29.2 Å². The van der Waals surface area contributed by atoms with Crippen LogP contribution in [0.15, 0.2) is 58.3 Å². The highest BCUT2D eigenvalue weighted by Gasteiger charge is 2.06. The van der Waals surface area contributed by atoms with Gasteiger partial charge in [0.15, 0.2) is 0 Å². The van der Waals surface area contributed by atoms with Crippen molar-refractivity contribution >= 4 is 11.8 Å². The van der Waals surface area contributed by atoms with E-state index in [9.17, 15) is 0 Å². The molecule has 0 bridgehead atoms. The third kappa shape index (κ3) is 3.78. The van der Waals surface area contributed by atoms with Gasteiger partial charge in [0.2, 0.25) is 0 Å². The van der Waals surface area contributed by atoms with Crippen LogP contribution in [0, 0.1) is 0 Å². The van der Waals surface area contributed by atoms with Gasteiger partial charge in [-0.05, 0) is 55.4 Å². The van der Waals surface area contributed by atoms with E-state index in [0.717, 1.165) is 12.2 Å². The Bertz CT molecular complexity index is 518. The van der Waals surface area contributed by atoms with Crippen molar-refractivity contribution in [3.63, 3.8) is 0 Å². The van der Waals surface area contributed by atoms with Crippen LogP contribution in [0.1, 0.15) is 24.9 Å². The fourth-order valence-electron chi connectivity index (χ4n) is 2.15. The van der Waals surface area contributed by atoms with Gasteiger partial charge in [0.1, 0.15) is 5.75 Å². The van der Waals surface area contributed by atoms with Crippen LogP contribution in [-0.4, -0.2) is 14.2 Å². The molecule has 0 aliphatic rings. The summed E-state index contributed by atoms with van der Waals surface area (Å²) in [6, 6.07) is 17.4. The number of ether oxygens (including phenoxy) is 1. The van der Waals surface area contributed by atoms with Gasteiger partial charge in [0.05, 0.1) is 7.11 Å². The maximum Gasteiger partial charge on any atom is 0.118 e. The number of hydrogen-bond acceptors (Lipinski definition) is 3. The van der Waals surface area contributed by atoms with Crippen LogP contribution in [0.4, 0.5) is 0 Å². The van der Waals surface area contributed by atoms with Crippen molar-refractivity contribution in [3.05, 3.63) is 54.1 Å². The Morgan fingerprint density at radius 3 is 2.00 bits per heavy atom. The molecule has 2 aromatic rings. The highest BCUT2D eigenvalue weighted by atomic mass is 32.2. The first-order chi connectivity index (χ1) is 9.76. The molecule has 1 atom stereocenters. The fraction of sp³-hybridized carbons (Fsp3) is 0.294. The van der Waals surface area contributed by atoms with Gasteiger partial charge >= 0.3 is 0 Å². The Labute approximate surface area is 125 Å². The molecule has 0 saturated heterocycles. The Morgan fingerprint density at radius 2 is 1.55 bits per heavy atom. The monoisotopic (exact) mass is 287 g/mol. The molecule has 2 nitrogen and oxygen atoms in total. The van der Waals surface area contributed by atoms with Gasteiger partial charge in [-0.15, -0.1) is 0 Å². The van der Waals surface area contributed by atoms with E-state index in [2.05, 4.69) is 48.6 Å². The average Bonchev–Trinajstić information content (AvgIpc) is 2.51. The summed E-state index contributed by atoms with van der Waals surface area (Å²) in [6.07, 6.45) is 1.10. The molecule has 0 aliphatic heterocycles. The van der Waals surface area contributed by atoms with E-state index in [1.54, 1.807) is 18.9 Å². The van der Waals surface area contributed by atoms with E-state index in [4.69, 9.17) is 4.74 Å². The highest BCUT2D eigenvalue weighted by molar-refractivity contribution is 7.99. The van der Waals surface area contributed by atoms with Gasteiger partial charge < -0.3 is 10.1 Å². The van der Waals surface area contributed by atoms with Crippen molar-refractivity contribution in [1.82, 2.24) is 5.32 Å². The molecule has 1 unspecified atom stereocenters. The van der Waals surface area contributed by atoms with Crippen LogP contribution in [0.3, 0.4) is 0 Å². The largest absolute Gasteiger partial charge is 0.497 e. The van der Waals surface area contributed by atoms with E-state index in [1.807, 2.05) is 19.2 Å². The van der Waals surface area contributed by atoms with E-state index in [-0.39, 0.29) is 0 Å². The molecule has 1 N–H and O–H groups in total. The summed E-state index contributed by atoms with van der Waals surface area (Å²) in [5, 5.41) is 3.33. The first-order valence-corrected chi connectivity index (χ1v) is 7.67. The summed E-state index contributed by atoms with van der Waals surface area (Å²) in [5.41, 5.74) is 1.34. The quantitative estimate of drug-likeness (QED) is 0.844. The number of benzene rings is 2. The molecule has 0 fully saturated rings. The van der Waals surface area contributed by atoms with Crippen molar-refractivity contribution in [1.29, 1.82) is 0 Å². The highest BCUT2D eigenvalue weighted by Crippen LogP contribution is 2.30. The van der Waals surface area contributed by atoms with Crippen LogP contribution < -0.4 is 10.1 Å². The zero-order valence-electron chi connectivity index (χ0n) is 12.2. The fourth-order valence-corrected chi connectivity index (χ4v) is 2.97. The maximum atomic E-state index is 5.17. The molecule has 0 amide bonds. The van der Waals surface area contributed by atoms with Gasteiger partial charge in [0.25, 0.3) is 0 Å². The van der Waals surface area contributed by atoms with E-state index < -0.39 is 0 Å². The van der Waals surface area contributed by atoms with Crippen LogP contribution >= 0.6 is 11.8 Å². The van der Waals surface area contributed by atoms with Gasteiger partial charge in [-0.2, -0.15) is 0 Å². The Kier molecular flexibility index (Phi) is 5.50. The molecule has 3 heteroatoms. The zero-order chi connectivity index (χ0) is 14.4. The third-order valence-corrected chi connectivity index (χ3v) is 4.35. The first-order valence-electron chi connectivity index (χ1n) is 6.86. The molecule has 0 heterocycles. The Morgan fingerprint density at radius 1 is 1.00 bits per heavy atom. The summed E-state index contributed by atoms with van der Waals surface area (Å²) in [7, 11) is 3.70. The van der Waals surface area contributed by atoms with E-state index >= 15 is 0 Å². The van der Waals surface area contributed by atoms with Crippen LogP contribution in [-0.2, 0) is 0 Å². The SMILES string of the molecule is CCC(NC)c1ccc(Sc2ccc(OC)cc2)cc1. The second-order valence-corrected chi connectivity index (χ2v) is 5.74. The molecular formula is C17H21NOS. The Balaban J connectivity index is 2.06. The number of rotatable bonds is 6. The van der Waals surface area contributed by atoms with Crippen molar-refractivity contribution < 1.29 is 4.74 Å². The van der Waals surface area contributed by atoms with Gasteiger partial charge in [0, 0.05) is 15.8 Å². The smallest absolute Gasteiger partial charge is 0.118 e. The second kappa shape index (κ2) is 7.36. The molecule has 2 rings (SSSR count). The summed E-state index contributed by atoms with van der Waals surface area (Å²) in [6.45, 7) is 2.20. The molecule has 106 valence electrons. The predicted molar refractivity (Wildman–Crippen MR) is 85.7 cm³/mol. The first kappa shape index (κ1) is 14.9. The van der Waals surface area contributed by atoms with Gasteiger partial charge in [-0.3, -0.25) is 0 Å². The number of methoxy groups -OCH3 is 1. The lowest BCUT2D eigenvalue weighted by Crippen LogP contribution is -2.14. The van der Waals surface area contributed by atoms with E-state index in [0.29, 0.717) is 6.04 Å². The standard InChI is InChI=1S/C17H21NOS/c1-4-17(18-2)13-5-9-15(10-6-13)20-16-11-7-14(19-3)8-12-16/h5-12,17-18H,4H2,1-3H3. The van der Waals surface area contributed by atoms with E-state index in [1.165, 1.54) is 15.4 Å². The average molecular weight is 287 g/mol. The predicted octanol–water partition coefficient (Wildman–Crippen LogP) is 4.52. The lowest BCUT2D eigenvalue weighted by Gasteiger charge is -2.14. The summed E-state index contributed by atoms with van der Waals surface area (Å²) in [5.74, 6) is 0.893. The number of hydrogen-bond donors (Lipinski definition) is 1.